The zero-order valence-electron chi connectivity index (χ0n) is 13.9. The zero-order chi connectivity index (χ0) is 16.9. The van der Waals surface area contributed by atoms with Crippen LogP contribution in [0.3, 0.4) is 0 Å². The number of hydrogen-bond acceptors (Lipinski definition) is 5. The van der Waals surface area contributed by atoms with Gasteiger partial charge in [0.25, 0.3) is 0 Å². The SMILES string of the molecule is CC(=O)c1cnc(CN(Cc2cccc(C)c2)Cc2ccco2)o1. The number of rotatable bonds is 7. The number of Topliss-reactive ketones (excluding diaryl/α,β-unsaturated/α-hetero) is 1. The van der Waals surface area contributed by atoms with Gasteiger partial charge in [-0.25, -0.2) is 4.98 Å². The molecular formula is C19H20N2O3. The molecule has 24 heavy (non-hydrogen) atoms. The number of carbonyl (C=O) groups excluding carboxylic acids is 1. The number of aromatic nitrogens is 1. The second kappa shape index (κ2) is 7.27. The molecule has 5 heteroatoms. The number of benzene rings is 1. The molecule has 0 atom stereocenters. The molecule has 2 aromatic heterocycles. The van der Waals surface area contributed by atoms with E-state index in [1.165, 1.54) is 24.2 Å². The van der Waals surface area contributed by atoms with E-state index in [2.05, 4.69) is 41.1 Å². The molecule has 0 N–H and O–H groups in total. The van der Waals surface area contributed by atoms with E-state index >= 15 is 0 Å². The van der Waals surface area contributed by atoms with E-state index in [1.807, 2.05) is 12.1 Å². The maximum absolute atomic E-state index is 11.4. The van der Waals surface area contributed by atoms with Gasteiger partial charge in [-0.2, -0.15) is 0 Å². The fourth-order valence-corrected chi connectivity index (χ4v) is 2.60. The number of furan rings is 1. The third-order valence-electron chi connectivity index (χ3n) is 3.71. The van der Waals surface area contributed by atoms with Gasteiger partial charge < -0.3 is 8.83 Å². The van der Waals surface area contributed by atoms with Crippen molar-refractivity contribution in [2.45, 2.75) is 33.5 Å². The number of hydrogen-bond donors (Lipinski definition) is 0. The van der Waals surface area contributed by atoms with Crippen LogP contribution in [0, 0.1) is 6.92 Å². The van der Waals surface area contributed by atoms with Crippen molar-refractivity contribution in [3.8, 4) is 0 Å². The molecule has 3 aromatic rings. The Morgan fingerprint density at radius 2 is 2.04 bits per heavy atom. The molecule has 2 heterocycles. The average Bonchev–Trinajstić information content (AvgIpc) is 3.19. The average molecular weight is 324 g/mol. The molecule has 0 amide bonds. The Kier molecular flexibility index (Phi) is 4.91. The van der Waals surface area contributed by atoms with E-state index < -0.39 is 0 Å². The van der Waals surface area contributed by atoms with Gasteiger partial charge in [0.1, 0.15) is 5.76 Å². The summed E-state index contributed by atoms with van der Waals surface area (Å²) in [5.74, 6) is 1.57. The van der Waals surface area contributed by atoms with Gasteiger partial charge >= 0.3 is 0 Å². The van der Waals surface area contributed by atoms with E-state index in [4.69, 9.17) is 8.83 Å². The van der Waals surface area contributed by atoms with Crippen molar-refractivity contribution in [1.29, 1.82) is 0 Å². The van der Waals surface area contributed by atoms with Crippen LogP contribution in [0.1, 0.15) is 40.3 Å². The van der Waals surface area contributed by atoms with Crippen molar-refractivity contribution in [2.24, 2.45) is 0 Å². The number of aryl methyl sites for hydroxylation is 1. The highest BCUT2D eigenvalue weighted by Crippen LogP contribution is 2.16. The molecule has 3 rings (SSSR count). The molecule has 0 aliphatic heterocycles. The Morgan fingerprint density at radius 3 is 2.71 bits per heavy atom. The molecule has 0 fully saturated rings. The largest absolute Gasteiger partial charge is 0.468 e. The smallest absolute Gasteiger partial charge is 0.209 e. The highest BCUT2D eigenvalue weighted by molar-refractivity contribution is 5.90. The van der Waals surface area contributed by atoms with E-state index in [1.54, 1.807) is 6.26 Å². The fourth-order valence-electron chi connectivity index (χ4n) is 2.60. The molecule has 0 aliphatic carbocycles. The van der Waals surface area contributed by atoms with Gasteiger partial charge in [-0.1, -0.05) is 29.8 Å². The summed E-state index contributed by atoms with van der Waals surface area (Å²) in [6.07, 6.45) is 3.15. The number of oxazole rings is 1. The first kappa shape index (κ1) is 16.2. The minimum absolute atomic E-state index is 0.120. The van der Waals surface area contributed by atoms with Crippen molar-refractivity contribution < 1.29 is 13.6 Å². The molecule has 0 unspecified atom stereocenters. The van der Waals surface area contributed by atoms with Crippen molar-refractivity contribution >= 4 is 5.78 Å². The predicted octanol–water partition coefficient (Wildman–Crippen LogP) is 3.98. The lowest BCUT2D eigenvalue weighted by Crippen LogP contribution is -2.22. The van der Waals surface area contributed by atoms with E-state index in [0.29, 0.717) is 24.7 Å². The van der Waals surface area contributed by atoms with Crippen LogP contribution in [0.15, 0.2) is 57.7 Å². The first-order valence-electron chi connectivity index (χ1n) is 7.86. The summed E-state index contributed by atoms with van der Waals surface area (Å²) < 4.78 is 11.0. The van der Waals surface area contributed by atoms with Crippen LogP contribution < -0.4 is 0 Å². The van der Waals surface area contributed by atoms with Crippen LogP contribution in [0.5, 0.6) is 0 Å². The molecule has 1 aromatic carbocycles. The van der Waals surface area contributed by atoms with Crippen LogP contribution >= 0.6 is 0 Å². The summed E-state index contributed by atoms with van der Waals surface area (Å²) in [6.45, 7) is 5.42. The van der Waals surface area contributed by atoms with Crippen LogP contribution in [0.25, 0.3) is 0 Å². The number of carbonyl (C=O) groups is 1. The lowest BCUT2D eigenvalue weighted by Gasteiger charge is -2.20. The van der Waals surface area contributed by atoms with Crippen LogP contribution in [0.2, 0.25) is 0 Å². The minimum Gasteiger partial charge on any atom is -0.468 e. The van der Waals surface area contributed by atoms with Gasteiger partial charge in [0, 0.05) is 13.5 Å². The third kappa shape index (κ3) is 4.20. The Balaban J connectivity index is 1.76. The summed E-state index contributed by atoms with van der Waals surface area (Å²) in [6, 6.07) is 12.2. The second-order valence-electron chi connectivity index (χ2n) is 5.89. The monoisotopic (exact) mass is 324 g/mol. The van der Waals surface area contributed by atoms with Gasteiger partial charge in [0.05, 0.1) is 25.5 Å². The van der Waals surface area contributed by atoms with Crippen molar-refractivity contribution in [3.05, 3.63) is 77.4 Å². The summed E-state index contributed by atoms with van der Waals surface area (Å²) in [7, 11) is 0. The van der Waals surface area contributed by atoms with Gasteiger partial charge in [-0.15, -0.1) is 0 Å². The van der Waals surface area contributed by atoms with Crippen molar-refractivity contribution in [3.63, 3.8) is 0 Å². The van der Waals surface area contributed by atoms with Gasteiger partial charge in [-0.05, 0) is 24.6 Å². The second-order valence-corrected chi connectivity index (χ2v) is 5.89. The summed E-state index contributed by atoms with van der Waals surface area (Å²) in [5, 5.41) is 0. The molecule has 0 radical (unpaired) electrons. The summed E-state index contributed by atoms with van der Waals surface area (Å²) >= 11 is 0. The Labute approximate surface area is 140 Å². The van der Waals surface area contributed by atoms with E-state index in [9.17, 15) is 4.79 Å². The van der Waals surface area contributed by atoms with Crippen LogP contribution in [0.4, 0.5) is 0 Å². The maximum Gasteiger partial charge on any atom is 0.209 e. The topological polar surface area (TPSA) is 59.5 Å². The molecule has 0 aliphatic rings. The van der Waals surface area contributed by atoms with Gasteiger partial charge in [0.2, 0.25) is 5.89 Å². The summed E-state index contributed by atoms with van der Waals surface area (Å²) in [4.78, 5) is 17.7. The molecule has 0 spiro atoms. The number of nitrogens with zero attached hydrogens (tertiary/aromatic N) is 2. The van der Waals surface area contributed by atoms with Crippen molar-refractivity contribution in [2.75, 3.05) is 0 Å². The number of ketones is 1. The highest BCUT2D eigenvalue weighted by Gasteiger charge is 2.15. The predicted molar refractivity (Wildman–Crippen MR) is 89.3 cm³/mol. The van der Waals surface area contributed by atoms with Crippen LogP contribution in [-0.2, 0) is 19.6 Å². The molecular weight excluding hydrogens is 304 g/mol. The molecule has 0 saturated carbocycles. The first-order valence-corrected chi connectivity index (χ1v) is 7.86. The zero-order valence-corrected chi connectivity index (χ0v) is 13.9. The molecule has 0 saturated heterocycles. The molecule has 0 bridgehead atoms. The summed E-state index contributed by atoms with van der Waals surface area (Å²) in [5.41, 5.74) is 2.43. The maximum atomic E-state index is 11.4. The lowest BCUT2D eigenvalue weighted by molar-refractivity contribution is 0.0982. The molecule has 124 valence electrons. The normalized spacial score (nSPS) is 11.1. The Hall–Kier alpha value is -2.66. The van der Waals surface area contributed by atoms with Crippen LogP contribution in [-0.4, -0.2) is 15.7 Å². The Bertz CT molecular complexity index is 806. The molecule has 5 nitrogen and oxygen atoms in total. The fraction of sp³-hybridized carbons (Fsp3) is 0.263. The highest BCUT2D eigenvalue weighted by atomic mass is 16.4. The Morgan fingerprint density at radius 1 is 1.17 bits per heavy atom. The standard InChI is InChI=1S/C19H20N2O3/c1-14-5-3-6-16(9-14)11-21(12-17-7-4-8-23-17)13-19-20-10-18(24-19)15(2)22/h3-10H,11-13H2,1-2H3. The quantitative estimate of drug-likeness (QED) is 0.615. The van der Waals surface area contributed by atoms with E-state index in [0.717, 1.165) is 12.3 Å². The van der Waals surface area contributed by atoms with Gasteiger partial charge in [0.15, 0.2) is 11.5 Å². The minimum atomic E-state index is -0.120. The van der Waals surface area contributed by atoms with Crippen molar-refractivity contribution in [1.82, 2.24) is 9.88 Å². The van der Waals surface area contributed by atoms with Gasteiger partial charge in [-0.3, -0.25) is 9.69 Å². The van der Waals surface area contributed by atoms with E-state index in [-0.39, 0.29) is 5.78 Å². The third-order valence-corrected chi connectivity index (χ3v) is 3.71. The first-order chi connectivity index (χ1) is 11.6. The lowest BCUT2D eigenvalue weighted by atomic mass is 10.1.